The molecule has 0 spiro atoms. The van der Waals surface area contributed by atoms with E-state index in [4.69, 9.17) is 0 Å². The second-order valence-electron chi connectivity index (χ2n) is 5.73. The lowest BCUT2D eigenvalue weighted by Gasteiger charge is -2.27. The van der Waals surface area contributed by atoms with Gasteiger partial charge in [0.1, 0.15) is 5.82 Å². The van der Waals surface area contributed by atoms with Gasteiger partial charge in [0.2, 0.25) is 0 Å². The van der Waals surface area contributed by atoms with E-state index in [2.05, 4.69) is 4.98 Å². The second-order valence-corrected chi connectivity index (χ2v) is 5.73. The number of halogens is 1. The van der Waals surface area contributed by atoms with Crippen LogP contribution in [0.1, 0.15) is 36.9 Å². The Morgan fingerprint density at radius 1 is 1.32 bits per heavy atom. The fourth-order valence-electron chi connectivity index (χ4n) is 3.31. The summed E-state index contributed by atoms with van der Waals surface area (Å²) in [4.78, 5) is 3.31. The number of aliphatic hydroxyl groups is 1. The second kappa shape index (κ2) is 4.97. The van der Waals surface area contributed by atoms with Gasteiger partial charge in [-0.25, -0.2) is 4.39 Å². The van der Waals surface area contributed by atoms with Crippen LogP contribution in [0.4, 0.5) is 4.39 Å². The van der Waals surface area contributed by atoms with Gasteiger partial charge in [0.05, 0.1) is 6.10 Å². The molecule has 1 fully saturated rings. The van der Waals surface area contributed by atoms with Crippen molar-refractivity contribution in [3.8, 4) is 0 Å². The van der Waals surface area contributed by atoms with Crippen molar-refractivity contribution >= 4 is 10.9 Å². The molecule has 0 saturated heterocycles. The Morgan fingerprint density at radius 2 is 2.11 bits per heavy atom. The first-order chi connectivity index (χ1) is 9.15. The molecule has 1 aromatic heterocycles. The van der Waals surface area contributed by atoms with E-state index in [-0.39, 0.29) is 11.9 Å². The highest BCUT2D eigenvalue weighted by Crippen LogP contribution is 2.31. The Kier molecular flexibility index (Phi) is 3.31. The summed E-state index contributed by atoms with van der Waals surface area (Å²) >= 11 is 0. The van der Waals surface area contributed by atoms with Gasteiger partial charge in [-0.15, -0.1) is 0 Å². The standard InChI is InChI=1S/C16H20FNO/c1-10-13(8-11-4-2-3-5-16(11)19)14-9-12(17)6-7-15(14)18-10/h6-7,9,11,16,18-19H,2-5,8H2,1H3. The molecule has 0 aliphatic heterocycles. The summed E-state index contributed by atoms with van der Waals surface area (Å²) in [7, 11) is 0. The zero-order valence-corrected chi connectivity index (χ0v) is 11.2. The molecule has 3 heteroatoms. The third kappa shape index (κ3) is 2.39. The molecule has 2 unspecified atom stereocenters. The molecule has 1 aliphatic carbocycles. The van der Waals surface area contributed by atoms with Crippen molar-refractivity contribution in [3.63, 3.8) is 0 Å². The zero-order chi connectivity index (χ0) is 13.4. The van der Waals surface area contributed by atoms with Gasteiger partial charge in [-0.05, 0) is 55.9 Å². The number of aryl methyl sites for hydroxylation is 1. The number of benzene rings is 1. The van der Waals surface area contributed by atoms with Crippen molar-refractivity contribution < 1.29 is 9.50 Å². The predicted molar refractivity (Wildman–Crippen MR) is 74.7 cm³/mol. The lowest BCUT2D eigenvalue weighted by atomic mass is 9.82. The van der Waals surface area contributed by atoms with Crippen LogP contribution < -0.4 is 0 Å². The van der Waals surface area contributed by atoms with Gasteiger partial charge in [-0.1, -0.05) is 12.8 Å². The van der Waals surface area contributed by atoms with Gasteiger partial charge in [-0.3, -0.25) is 0 Å². The van der Waals surface area contributed by atoms with Gasteiger partial charge in [0.25, 0.3) is 0 Å². The maximum atomic E-state index is 13.4. The highest BCUT2D eigenvalue weighted by molar-refractivity contribution is 5.84. The van der Waals surface area contributed by atoms with E-state index in [0.29, 0.717) is 5.92 Å². The van der Waals surface area contributed by atoms with Crippen LogP contribution in [0.3, 0.4) is 0 Å². The number of H-pyrrole nitrogens is 1. The summed E-state index contributed by atoms with van der Waals surface area (Å²) in [5.41, 5.74) is 3.25. The molecule has 3 rings (SSSR count). The molecule has 1 heterocycles. The minimum absolute atomic E-state index is 0.197. The molecule has 2 N–H and O–H groups in total. The summed E-state index contributed by atoms with van der Waals surface area (Å²) in [6.07, 6.45) is 4.93. The molecule has 2 nitrogen and oxygen atoms in total. The highest BCUT2D eigenvalue weighted by atomic mass is 19.1. The Bertz CT molecular complexity index is 590. The van der Waals surface area contributed by atoms with Crippen LogP contribution in [0, 0.1) is 18.7 Å². The fourth-order valence-corrected chi connectivity index (χ4v) is 3.31. The first-order valence-electron chi connectivity index (χ1n) is 7.10. The van der Waals surface area contributed by atoms with E-state index in [1.165, 1.54) is 18.1 Å². The molecule has 0 bridgehead atoms. The third-order valence-corrected chi connectivity index (χ3v) is 4.42. The molecular weight excluding hydrogens is 241 g/mol. The number of fused-ring (bicyclic) bond motifs is 1. The maximum absolute atomic E-state index is 13.4. The highest BCUT2D eigenvalue weighted by Gasteiger charge is 2.25. The molecule has 19 heavy (non-hydrogen) atoms. The first-order valence-corrected chi connectivity index (χ1v) is 7.10. The number of aromatic amines is 1. The molecule has 1 aliphatic rings. The van der Waals surface area contributed by atoms with Crippen molar-refractivity contribution in [1.82, 2.24) is 4.98 Å². The van der Waals surface area contributed by atoms with Crippen molar-refractivity contribution in [3.05, 3.63) is 35.3 Å². The summed E-state index contributed by atoms with van der Waals surface area (Å²) < 4.78 is 13.4. The minimum Gasteiger partial charge on any atom is -0.393 e. The van der Waals surface area contributed by atoms with Crippen LogP contribution in [0.15, 0.2) is 18.2 Å². The van der Waals surface area contributed by atoms with Crippen molar-refractivity contribution in [2.45, 2.75) is 45.1 Å². The van der Waals surface area contributed by atoms with Crippen LogP contribution in [-0.2, 0) is 6.42 Å². The van der Waals surface area contributed by atoms with E-state index in [1.807, 2.05) is 6.92 Å². The number of nitrogens with one attached hydrogen (secondary N) is 1. The monoisotopic (exact) mass is 261 g/mol. The van der Waals surface area contributed by atoms with Crippen LogP contribution in [0.25, 0.3) is 10.9 Å². The van der Waals surface area contributed by atoms with Crippen LogP contribution in [0.5, 0.6) is 0 Å². The van der Waals surface area contributed by atoms with Crippen LogP contribution in [-0.4, -0.2) is 16.2 Å². The summed E-state index contributed by atoms with van der Waals surface area (Å²) in [5, 5.41) is 11.1. The van der Waals surface area contributed by atoms with E-state index >= 15 is 0 Å². The zero-order valence-electron chi connectivity index (χ0n) is 11.2. The Balaban J connectivity index is 1.95. The number of aliphatic hydroxyl groups excluding tert-OH is 1. The predicted octanol–water partition coefficient (Wildman–Crippen LogP) is 3.71. The normalized spacial score (nSPS) is 23.9. The summed E-state index contributed by atoms with van der Waals surface area (Å²) in [6, 6.07) is 4.87. The fraction of sp³-hybridized carbons (Fsp3) is 0.500. The molecule has 1 aromatic carbocycles. The number of rotatable bonds is 2. The largest absolute Gasteiger partial charge is 0.393 e. The van der Waals surface area contributed by atoms with Crippen LogP contribution >= 0.6 is 0 Å². The molecule has 0 radical (unpaired) electrons. The van der Waals surface area contributed by atoms with Gasteiger partial charge in [0.15, 0.2) is 0 Å². The maximum Gasteiger partial charge on any atom is 0.123 e. The summed E-state index contributed by atoms with van der Waals surface area (Å²) in [5.74, 6) is 0.117. The quantitative estimate of drug-likeness (QED) is 0.849. The van der Waals surface area contributed by atoms with E-state index in [9.17, 15) is 9.50 Å². The van der Waals surface area contributed by atoms with Crippen molar-refractivity contribution in [2.24, 2.45) is 5.92 Å². The van der Waals surface area contributed by atoms with Gasteiger partial charge in [-0.2, -0.15) is 0 Å². The Labute approximate surface area is 112 Å². The minimum atomic E-state index is -0.202. The van der Waals surface area contributed by atoms with E-state index in [1.54, 1.807) is 12.1 Å². The first kappa shape index (κ1) is 12.7. The Morgan fingerprint density at radius 3 is 2.89 bits per heavy atom. The lowest BCUT2D eigenvalue weighted by Crippen LogP contribution is -2.26. The van der Waals surface area contributed by atoms with Crippen LogP contribution in [0.2, 0.25) is 0 Å². The van der Waals surface area contributed by atoms with E-state index in [0.717, 1.165) is 42.3 Å². The lowest BCUT2D eigenvalue weighted by molar-refractivity contribution is 0.0701. The molecule has 2 aromatic rings. The number of hydrogen-bond donors (Lipinski definition) is 2. The van der Waals surface area contributed by atoms with Gasteiger partial charge < -0.3 is 10.1 Å². The van der Waals surface area contributed by atoms with Crippen molar-refractivity contribution in [2.75, 3.05) is 0 Å². The molecular formula is C16H20FNO. The van der Waals surface area contributed by atoms with Gasteiger partial charge in [0, 0.05) is 16.6 Å². The van der Waals surface area contributed by atoms with Gasteiger partial charge >= 0.3 is 0 Å². The van der Waals surface area contributed by atoms with E-state index < -0.39 is 0 Å². The number of hydrogen-bond acceptors (Lipinski definition) is 1. The third-order valence-electron chi connectivity index (χ3n) is 4.42. The molecule has 1 saturated carbocycles. The number of aromatic nitrogens is 1. The summed E-state index contributed by atoms with van der Waals surface area (Å²) in [6.45, 7) is 2.03. The SMILES string of the molecule is Cc1[nH]c2ccc(F)cc2c1CC1CCCCC1O. The molecule has 0 amide bonds. The smallest absolute Gasteiger partial charge is 0.123 e. The average molecular weight is 261 g/mol. The molecule has 2 atom stereocenters. The van der Waals surface area contributed by atoms with Crippen molar-refractivity contribution in [1.29, 1.82) is 0 Å². The topological polar surface area (TPSA) is 36.0 Å². The average Bonchev–Trinajstić information content (AvgIpc) is 2.69. The molecule has 102 valence electrons. The Hall–Kier alpha value is -1.35.